The van der Waals surface area contributed by atoms with Crippen LogP contribution in [0.2, 0.25) is 0 Å². The van der Waals surface area contributed by atoms with Gasteiger partial charge in [-0.05, 0) is 55.7 Å². The van der Waals surface area contributed by atoms with E-state index in [-0.39, 0.29) is 11.7 Å². The number of nitrogens with one attached hydrogen (secondary N) is 1. The molecule has 28 heavy (non-hydrogen) atoms. The molecule has 0 aliphatic rings. The van der Waals surface area contributed by atoms with E-state index in [0.717, 1.165) is 16.9 Å². The van der Waals surface area contributed by atoms with Crippen LogP contribution in [0.25, 0.3) is 16.9 Å². The van der Waals surface area contributed by atoms with Crippen LogP contribution < -0.4 is 5.32 Å². The van der Waals surface area contributed by atoms with Gasteiger partial charge >= 0.3 is 0 Å². The van der Waals surface area contributed by atoms with E-state index in [1.165, 1.54) is 39.8 Å². The van der Waals surface area contributed by atoms with Crippen molar-refractivity contribution in [2.75, 3.05) is 11.1 Å². The van der Waals surface area contributed by atoms with Crippen molar-refractivity contribution in [1.29, 1.82) is 0 Å². The predicted octanol–water partition coefficient (Wildman–Crippen LogP) is 4.51. The largest absolute Gasteiger partial charge is 0.301 e. The number of carbonyl (C=O) groups excluding carboxylic acids is 1. The molecule has 1 N–H and O–H groups in total. The van der Waals surface area contributed by atoms with Crippen LogP contribution in [0.1, 0.15) is 16.7 Å². The molecule has 0 atom stereocenters. The molecule has 0 saturated carbocycles. The van der Waals surface area contributed by atoms with E-state index in [1.807, 2.05) is 34.2 Å². The zero-order chi connectivity index (χ0) is 19.7. The molecule has 0 spiro atoms. The number of thiazole rings is 1. The van der Waals surface area contributed by atoms with Crippen LogP contribution in [-0.2, 0) is 4.79 Å². The highest BCUT2D eigenvalue weighted by molar-refractivity contribution is 7.99. The Kier molecular flexibility index (Phi) is 5.15. The first kappa shape index (κ1) is 18.6. The minimum absolute atomic E-state index is 0.115. The van der Waals surface area contributed by atoms with Crippen molar-refractivity contribution >= 4 is 39.8 Å². The molecule has 1 amide bonds. The lowest BCUT2D eigenvalue weighted by Gasteiger charge is -2.07. The van der Waals surface area contributed by atoms with Crippen molar-refractivity contribution in [3.05, 3.63) is 58.6 Å². The van der Waals surface area contributed by atoms with Crippen molar-refractivity contribution in [2.45, 2.75) is 25.9 Å². The number of benzene rings is 1. The van der Waals surface area contributed by atoms with Gasteiger partial charge in [-0.3, -0.25) is 9.20 Å². The number of hydrogen-bond donors (Lipinski definition) is 1. The van der Waals surface area contributed by atoms with Crippen LogP contribution >= 0.6 is 23.1 Å². The molecular weight excluding hydrogens is 390 g/mol. The van der Waals surface area contributed by atoms with Crippen LogP contribution in [-0.4, -0.2) is 31.2 Å². The van der Waals surface area contributed by atoms with E-state index in [4.69, 9.17) is 0 Å². The number of anilines is 1. The van der Waals surface area contributed by atoms with Crippen molar-refractivity contribution in [1.82, 2.24) is 19.6 Å². The van der Waals surface area contributed by atoms with E-state index in [0.29, 0.717) is 10.3 Å². The molecule has 8 heteroatoms. The molecule has 0 radical (unpaired) electrons. The predicted molar refractivity (Wildman–Crippen MR) is 114 cm³/mol. The third-order valence-corrected chi connectivity index (χ3v) is 6.18. The molecule has 4 rings (SSSR count). The second kappa shape index (κ2) is 7.73. The number of fused-ring (bicyclic) bond motifs is 1. The number of aryl methyl sites for hydroxylation is 3. The molecule has 4 aromatic rings. The molecule has 0 aliphatic heterocycles. The van der Waals surface area contributed by atoms with Crippen molar-refractivity contribution in [2.24, 2.45) is 0 Å². The lowest BCUT2D eigenvalue weighted by Crippen LogP contribution is -2.14. The molecule has 3 aromatic heterocycles. The molecule has 142 valence electrons. The third-order valence-electron chi connectivity index (χ3n) is 4.48. The summed E-state index contributed by atoms with van der Waals surface area (Å²) in [5, 5.41) is 14.4. The lowest BCUT2D eigenvalue weighted by molar-refractivity contribution is -0.113. The zero-order valence-electron chi connectivity index (χ0n) is 15.8. The molecule has 0 fully saturated rings. The summed E-state index contributed by atoms with van der Waals surface area (Å²) in [5.41, 5.74) is 6.43. The number of aromatic nitrogens is 4. The maximum Gasteiger partial charge on any atom is 0.236 e. The van der Waals surface area contributed by atoms with Crippen LogP contribution in [0, 0.1) is 20.8 Å². The summed E-state index contributed by atoms with van der Waals surface area (Å²) in [6, 6.07) is 10.0. The van der Waals surface area contributed by atoms with Gasteiger partial charge in [0, 0.05) is 17.1 Å². The van der Waals surface area contributed by atoms with Crippen molar-refractivity contribution in [3.63, 3.8) is 0 Å². The Morgan fingerprint density at radius 1 is 1.14 bits per heavy atom. The highest BCUT2D eigenvalue weighted by Gasteiger charge is 2.13. The third kappa shape index (κ3) is 3.79. The highest BCUT2D eigenvalue weighted by Crippen LogP contribution is 2.29. The topological polar surface area (TPSA) is 72.2 Å². The number of amides is 1. The Labute approximate surface area is 171 Å². The molecule has 3 heterocycles. The Morgan fingerprint density at radius 2 is 1.96 bits per heavy atom. The van der Waals surface area contributed by atoms with Gasteiger partial charge in [-0.2, -0.15) is 0 Å². The van der Waals surface area contributed by atoms with Gasteiger partial charge < -0.3 is 5.32 Å². The van der Waals surface area contributed by atoms with E-state index in [9.17, 15) is 4.79 Å². The SMILES string of the molecule is Cc1cc(C)c(-c2csc(NC(=O)CSc3nnc4ccccn34)n2)cc1C. The zero-order valence-corrected chi connectivity index (χ0v) is 17.4. The fourth-order valence-electron chi connectivity index (χ4n) is 2.89. The molecule has 0 aliphatic carbocycles. The molecule has 1 aromatic carbocycles. The van der Waals surface area contributed by atoms with Crippen LogP contribution in [0.4, 0.5) is 5.13 Å². The fourth-order valence-corrected chi connectivity index (χ4v) is 4.35. The van der Waals surface area contributed by atoms with Crippen LogP contribution in [0.3, 0.4) is 0 Å². The standard InChI is InChI=1S/C20H19N5OS2/c1-12-8-14(3)15(9-13(12)2)16-10-27-19(21-16)22-18(26)11-28-20-24-23-17-6-4-5-7-25(17)20/h4-10H,11H2,1-3H3,(H,21,22,26). The van der Waals surface area contributed by atoms with Crippen LogP contribution in [0.15, 0.2) is 47.1 Å². The fraction of sp³-hybridized carbons (Fsp3) is 0.200. The quantitative estimate of drug-likeness (QED) is 0.491. The second-order valence-corrected chi connectivity index (χ2v) is 8.34. The first-order chi connectivity index (χ1) is 13.5. The Hall–Kier alpha value is -2.71. The smallest absolute Gasteiger partial charge is 0.236 e. The highest BCUT2D eigenvalue weighted by atomic mass is 32.2. The summed E-state index contributed by atoms with van der Waals surface area (Å²) in [4.78, 5) is 16.9. The van der Waals surface area contributed by atoms with Crippen LogP contribution in [0.5, 0.6) is 0 Å². The van der Waals surface area contributed by atoms with E-state index in [1.54, 1.807) is 0 Å². The minimum Gasteiger partial charge on any atom is -0.301 e. The van der Waals surface area contributed by atoms with Gasteiger partial charge in [0.15, 0.2) is 15.9 Å². The second-order valence-electron chi connectivity index (χ2n) is 6.54. The van der Waals surface area contributed by atoms with Gasteiger partial charge in [-0.15, -0.1) is 21.5 Å². The molecule has 6 nitrogen and oxygen atoms in total. The van der Waals surface area contributed by atoms with Gasteiger partial charge in [0.25, 0.3) is 0 Å². The summed E-state index contributed by atoms with van der Waals surface area (Å²) in [7, 11) is 0. The molecule has 0 saturated heterocycles. The monoisotopic (exact) mass is 409 g/mol. The summed E-state index contributed by atoms with van der Waals surface area (Å²) >= 11 is 2.78. The Balaban J connectivity index is 1.42. The minimum atomic E-state index is -0.115. The van der Waals surface area contributed by atoms with Gasteiger partial charge in [-0.1, -0.05) is 23.9 Å². The summed E-state index contributed by atoms with van der Waals surface area (Å²) in [6.07, 6.45) is 1.88. The average Bonchev–Trinajstić information content (AvgIpc) is 3.30. The number of hydrogen-bond acceptors (Lipinski definition) is 6. The molecular formula is C20H19N5OS2. The number of carbonyl (C=O) groups is 1. The summed E-state index contributed by atoms with van der Waals surface area (Å²) < 4.78 is 1.86. The Morgan fingerprint density at radius 3 is 2.82 bits per heavy atom. The summed E-state index contributed by atoms with van der Waals surface area (Å²) in [5.74, 6) is 0.128. The van der Waals surface area contributed by atoms with Crippen molar-refractivity contribution in [3.8, 4) is 11.3 Å². The normalized spacial score (nSPS) is 11.1. The Bertz CT molecular complexity index is 1160. The number of nitrogens with zero attached hydrogens (tertiary/aromatic N) is 4. The number of rotatable bonds is 5. The van der Waals surface area contributed by atoms with Crippen molar-refractivity contribution < 1.29 is 4.79 Å². The first-order valence-electron chi connectivity index (χ1n) is 8.77. The molecule has 0 unspecified atom stereocenters. The lowest BCUT2D eigenvalue weighted by atomic mass is 9.99. The number of thioether (sulfide) groups is 1. The van der Waals surface area contributed by atoms with Gasteiger partial charge in [0.1, 0.15) is 0 Å². The van der Waals surface area contributed by atoms with E-state index < -0.39 is 0 Å². The van der Waals surface area contributed by atoms with Gasteiger partial charge in [0.2, 0.25) is 5.91 Å². The van der Waals surface area contributed by atoms with E-state index in [2.05, 4.69) is 53.4 Å². The average molecular weight is 410 g/mol. The van der Waals surface area contributed by atoms with Gasteiger partial charge in [-0.25, -0.2) is 4.98 Å². The van der Waals surface area contributed by atoms with Gasteiger partial charge in [0.05, 0.1) is 11.4 Å². The first-order valence-corrected chi connectivity index (χ1v) is 10.6. The number of pyridine rings is 1. The summed E-state index contributed by atoms with van der Waals surface area (Å²) in [6.45, 7) is 6.28. The molecule has 0 bridgehead atoms. The maximum atomic E-state index is 12.3. The van der Waals surface area contributed by atoms with E-state index >= 15 is 0 Å². The maximum absolute atomic E-state index is 12.3.